The van der Waals surface area contributed by atoms with Crippen molar-refractivity contribution in [2.24, 2.45) is 5.92 Å². The van der Waals surface area contributed by atoms with Gasteiger partial charge in [-0.25, -0.2) is 8.78 Å². The number of alkyl halides is 3. The van der Waals surface area contributed by atoms with Crippen molar-refractivity contribution in [3.63, 3.8) is 0 Å². The quantitative estimate of drug-likeness (QED) is 0.682. The summed E-state index contributed by atoms with van der Waals surface area (Å²) in [5.74, 6) is -2.28. The molecule has 15 heavy (non-hydrogen) atoms. The topological polar surface area (TPSA) is 3.24 Å². The second-order valence-electron chi connectivity index (χ2n) is 4.80. The van der Waals surface area contributed by atoms with E-state index in [9.17, 15) is 8.78 Å². The zero-order chi connectivity index (χ0) is 10.9. The van der Waals surface area contributed by atoms with Gasteiger partial charge in [0.15, 0.2) is 0 Å². The van der Waals surface area contributed by atoms with Gasteiger partial charge in [0, 0.05) is 30.8 Å². The highest BCUT2D eigenvalue weighted by Crippen LogP contribution is 2.41. The van der Waals surface area contributed by atoms with Crippen LogP contribution in [0.1, 0.15) is 32.1 Å². The summed E-state index contributed by atoms with van der Waals surface area (Å²) in [6.07, 6.45) is 3.62. The van der Waals surface area contributed by atoms with Gasteiger partial charge in [-0.1, -0.05) is 0 Å². The van der Waals surface area contributed by atoms with E-state index in [0.717, 1.165) is 19.4 Å². The smallest absolute Gasteiger partial charge is 0.252 e. The third-order valence-corrected chi connectivity index (χ3v) is 4.15. The van der Waals surface area contributed by atoms with Crippen molar-refractivity contribution in [1.29, 1.82) is 0 Å². The average molecular weight is 238 g/mol. The van der Waals surface area contributed by atoms with Gasteiger partial charge in [0.25, 0.3) is 5.92 Å². The van der Waals surface area contributed by atoms with Crippen LogP contribution < -0.4 is 0 Å². The molecular formula is C11H18ClF2N. The lowest BCUT2D eigenvalue weighted by molar-refractivity contribution is -0.0478. The Labute approximate surface area is 94.8 Å². The van der Waals surface area contributed by atoms with E-state index in [0.29, 0.717) is 31.3 Å². The molecule has 0 amide bonds. The monoisotopic (exact) mass is 237 g/mol. The highest BCUT2D eigenvalue weighted by molar-refractivity contribution is 6.18. The molecule has 0 N–H and O–H groups in total. The van der Waals surface area contributed by atoms with E-state index in [2.05, 4.69) is 4.90 Å². The standard InChI is InChI=1S/C11H18ClF2N/c12-7-10-4-2-6-15(10)8-9-3-1-5-11(9,13)14/h9-10H,1-8H2/t9?,10-/m1/s1. The molecule has 1 saturated carbocycles. The first-order valence-electron chi connectivity index (χ1n) is 5.81. The van der Waals surface area contributed by atoms with Crippen molar-refractivity contribution < 1.29 is 8.78 Å². The molecule has 0 spiro atoms. The van der Waals surface area contributed by atoms with E-state index in [-0.39, 0.29) is 6.42 Å². The molecule has 2 atom stereocenters. The minimum absolute atomic E-state index is 0.0804. The van der Waals surface area contributed by atoms with E-state index in [1.54, 1.807) is 0 Å². The summed E-state index contributed by atoms with van der Waals surface area (Å²) in [5.41, 5.74) is 0. The summed E-state index contributed by atoms with van der Waals surface area (Å²) in [4.78, 5) is 2.16. The molecule has 1 saturated heterocycles. The average Bonchev–Trinajstić information content (AvgIpc) is 2.74. The molecule has 0 aromatic rings. The van der Waals surface area contributed by atoms with Crippen molar-refractivity contribution >= 4 is 11.6 Å². The SMILES string of the molecule is FC1(F)CCCC1CN1CCC[C@@H]1CCl. The maximum absolute atomic E-state index is 13.4. The van der Waals surface area contributed by atoms with Crippen LogP contribution in [0.5, 0.6) is 0 Å². The minimum atomic E-state index is -2.43. The lowest BCUT2D eigenvalue weighted by Crippen LogP contribution is -2.39. The van der Waals surface area contributed by atoms with Gasteiger partial charge in [-0.15, -0.1) is 11.6 Å². The van der Waals surface area contributed by atoms with Gasteiger partial charge in [-0.05, 0) is 32.2 Å². The van der Waals surface area contributed by atoms with Crippen molar-refractivity contribution in [3.05, 3.63) is 0 Å². The van der Waals surface area contributed by atoms with E-state index >= 15 is 0 Å². The van der Waals surface area contributed by atoms with Crippen LogP contribution in [0.15, 0.2) is 0 Å². The highest BCUT2D eigenvalue weighted by Gasteiger charge is 2.45. The van der Waals surface area contributed by atoms with Crippen LogP contribution in [0.2, 0.25) is 0 Å². The molecule has 0 aromatic carbocycles. The molecule has 2 aliphatic rings. The highest BCUT2D eigenvalue weighted by atomic mass is 35.5. The first kappa shape index (κ1) is 11.6. The fourth-order valence-electron chi connectivity index (χ4n) is 2.82. The van der Waals surface area contributed by atoms with Gasteiger partial charge in [0.05, 0.1) is 0 Å². The third-order valence-electron chi connectivity index (χ3n) is 3.79. The molecule has 1 nitrogen and oxygen atoms in total. The fourth-order valence-corrected chi connectivity index (χ4v) is 3.17. The Hall–Kier alpha value is 0.110. The van der Waals surface area contributed by atoms with E-state index < -0.39 is 11.8 Å². The predicted octanol–water partition coefficient (Wildman–Crippen LogP) is 3.13. The Morgan fingerprint density at radius 1 is 1.27 bits per heavy atom. The number of rotatable bonds is 3. The van der Waals surface area contributed by atoms with Crippen LogP contribution in [0.25, 0.3) is 0 Å². The summed E-state index contributed by atoms with van der Waals surface area (Å²) in [5, 5.41) is 0. The Morgan fingerprint density at radius 3 is 2.67 bits per heavy atom. The van der Waals surface area contributed by atoms with Crippen LogP contribution in [-0.2, 0) is 0 Å². The minimum Gasteiger partial charge on any atom is -0.299 e. The molecular weight excluding hydrogens is 220 g/mol. The first-order valence-corrected chi connectivity index (χ1v) is 6.35. The van der Waals surface area contributed by atoms with E-state index in [1.165, 1.54) is 0 Å². The van der Waals surface area contributed by atoms with Crippen molar-refractivity contribution in [2.75, 3.05) is 19.0 Å². The summed E-state index contributed by atoms with van der Waals surface area (Å²) >= 11 is 5.83. The van der Waals surface area contributed by atoms with Gasteiger partial charge in [0.1, 0.15) is 0 Å². The van der Waals surface area contributed by atoms with Crippen LogP contribution in [0.4, 0.5) is 8.78 Å². The van der Waals surface area contributed by atoms with Crippen molar-refractivity contribution in [3.8, 4) is 0 Å². The molecule has 0 bridgehead atoms. The fraction of sp³-hybridized carbons (Fsp3) is 1.00. The normalized spacial score (nSPS) is 36.2. The molecule has 1 aliphatic carbocycles. The molecule has 4 heteroatoms. The zero-order valence-electron chi connectivity index (χ0n) is 8.89. The number of hydrogen-bond acceptors (Lipinski definition) is 1. The lowest BCUT2D eigenvalue weighted by Gasteiger charge is -2.28. The summed E-state index contributed by atoms with van der Waals surface area (Å²) in [7, 11) is 0. The first-order chi connectivity index (χ1) is 7.13. The zero-order valence-corrected chi connectivity index (χ0v) is 9.65. The summed E-state index contributed by atoms with van der Waals surface area (Å²) in [6.45, 7) is 1.49. The molecule has 0 radical (unpaired) electrons. The van der Waals surface area contributed by atoms with Gasteiger partial charge >= 0.3 is 0 Å². The van der Waals surface area contributed by atoms with Crippen LogP contribution in [-0.4, -0.2) is 35.8 Å². The van der Waals surface area contributed by atoms with Crippen molar-refractivity contribution in [2.45, 2.75) is 44.1 Å². The Morgan fingerprint density at radius 2 is 2.07 bits per heavy atom. The van der Waals surface area contributed by atoms with Crippen molar-refractivity contribution in [1.82, 2.24) is 4.90 Å². The second-order valence-corrected chi connectivity index (χ2v) is 5.10. The number of likely N-dealkylation sites (tertiary alicyclic amines) is 1. The largest absolute Gasteiger partial charge is 0.299 e. The van der Waals surface area contributed by atoms with Gasteiger partial charge in [-0.2, -0.15) is 0 Å². The maximum Gasteiger partial charge on any atom is 0.252 e. The Bertz CT molecular complexity index is 223. The van der Waals surface area contributed by atoms with Crippen LogP contribution in [0.3, 0.4) is 0 Å². The molecule has 1 unspecified atom stereocenters. The van der Waals surface area contributed by atoms with Crippen LogP contribution >= 0.6 is 11.6 Å². The maximum atomic E-state index is 13.4. The Kier molecular flexibility index (Phi) is 3.51. The Balaban J connectivity index is 1.91. The van der Waals surface area contributed by atoms with Gasteiger partial charge in [-0.3, -0.25) is 4.90 Å². The van der Waals surface area contributed by atoms with E-state index in [1.807, 2.05) is 0 Å². The van der Waals surface area contributed by atoms with Crippen LogP contribution in [0, 0.1) is 5.92 Å². The predicted molar refractivity (Wildman–Crippen MR) is 57.6 cm³/mol. The molecule has 88 valence electrons. The molecule has 2 rings (SSSR count). The summed E-state index contributed by atoms with van der Waals surface area (Å²) < 4.78 is 26.9. The van der Waals surface area contributed by atoms with Gasteiger partial charge < -0.3 is 0 Å². The third kappa shape index (κ3) is 2.44. The number of hydrogen-bond donors (Lipinski definition) is 0. The van der Waals surface area contributed by atoms with E-state index in [4.69, 9.17) is 11.6 Å². The second kappa shape index (κ2) is 4.54. The van der Waals surface area contributed by atoms with Gasteiger partial charge in [0.2, 0.25) is 0 Å². The number of nitrogens with zero attached hydrogens (tertiary/aromatic N) is 1. The molecule has 1 heterocycles. The number of halogens is 3. The molecule has 1 aliphatic heterocycles. The lowest BCUT2D eigenvalue weighted by atomic mass is 10.0. The molecule has 0 aromatic heterocycles. The summed E-state index contributed by atoms with van der Waals surface area (Å²) in [6, 6.07) is 0.336. The molecule has 2 fully saturated rings.